The Morgan fingerprint density at radius 2 is 2.05 bits per heavy atom. The highest BCUT2D eigenvalue weighted by atomic mass is 32.1. The number of hydrogen-bond donors (Lipinski definition) is 1. The first kappa shape index (κ1) is 14.9. The summed E-state index contributed by atoms with van der Waals surface area (Å²) in [6, 6.07) is 6.08. The molecule has 0 fully saturated rings. The molecule has 5 heteroatoms. The van der Waals surface area contributed by atoms with E-state index in [0.29, 0.717) is 12.4 Å². The third-order valence-corrected chi connectivity index (χ3v) is 4.09. The zero-order chi connectivity index (χ0) is 14.4. The number of nitrogens with zero attached hydrogens (tertiary/aromatic N) is 1. The van der Waals surface area contributed by atoms with E-state index >= 15 is 0 Å². The van der Waals surface area contributed by atoms with Crippen molar-refractivity contribution < 1.29 is 9.13 Å². The Morgan fingerprint density at radius 1 is 1.30 bits per heavy atom. The zero-order valence-electron chi connectivity index (χ0n) is 11.8. The summed E-state index contributed by atoms with van der Waals surface area (Å²) >= 11 is 1.72. The van der Waals surface area contributed by atoms with Crippen molar-refractivity contribution in [2.45, 2.75) is 26.8 Å². The van der Waals surface area contributed by atoms with E-state index in [1.807, 2.05) is 6.92 Å². The Kier molecular flexibility index (Phi) is 5.49. The number of aryl methyl sites for hydroxylation is 1. The Balaban J connectivity index is 1.83. The molecule has 0 saturated carbocycles. The van der Waals surface area contributed by atoms with E-state index < -0.39 is 0 Å². The monoisotopic (exact) mass is 294 g/mol. The second-order valence-corrected chi connectivity index (χ2v) is 5.62. The van der Waals surface area contributed by atoms with E-state index in [0.717, 1.165) is 30.2 Å². The topological polar surface area (TPSA) is 34.1 Å². The van der Waals surface area contributed by atoms with E-state index in [9.17, 15) is 4.39 Å². The summed E-state index contributed by atoms with van der Waals surface area (Å²) in [5, 5.41) is 4.39. The van der Waals surface area contributed by atoms with E-state index in [1.54, 1.807) is 23.5 Å². The summed E-state index contributed by atoms with van der Waals surface area (Å²) < 4.78 is 18.3. The largest absolute Gasteiger partial charge is 0.493 e. The first-order valence-electron chi connectivity index (χ1n) is 6.73. The highest BCUT2D eigenvalue weighted by molar-refractivity contribution is 7.11. The zero-order valence-corrected chi connectivity index (χ0v) is 12.6. The molecule has 1 N–H and O–H groups in total. The first-order valence-corrected chi connectivity index (χ1v) is 7.55. The van der Waals surface area contributed by atoms with Crippen molar-refractivity contribution in [3.63, 3.8) is 0 Å². The van der Waals surface area contributed by atoms with Crippen molar-refractivity contribution in [2.75, 3.05) is 13.2 Å². The van der Waals surface area contributed by atoms with Crippen LogP contribution in [-0.2, 0) is 13.0 Å². The minimum absolute atomic E-state index is 0.249. The Labute approximate surface area is 122 Å². The van der Waals surface area contributed by atoms with Crippen molar-refractivity contribution in [2.24, 2.45) is 0 Å². The molecule has 1 aromatic heterocycles. The van der Waals surface area contributed by atoms with Gasteiger partial charge in [0.1, 0.15) is 11.6 Å². The molecule has 2 aromatic rings. The van der Waals surface area contributed by atoms with Gasteiger partial charge in [-0.1, -0.05) is 6.92 Å². The van der Waals surface area contributed by atoms with E-state index in [4.69, 9.17) is 4.74 Å². The van der Waals surface area contributed by atoms with E-state index in [2.05, 4.69) is 17.2 Å². The normalized spacial score (nSPS) is 10.8. The fourth-order valence-corrected chi connectivity index (χ4v) is 2.80. The standard InChI is InChI=1S/C15H19FN2OS/c1-3-17-10-14-11(2)18-15(20-14)8-9-19-13-6-4-12(16)5-7-13/h4-7,17H,3,8-10H2,1-2H3. The van der Waals surface area contributed by atoms with Gasteiger partial charge < -0.3 is 10.1 Å². The predicted molar refractivity (Wildman–Crippen MR) is 79.8 cm³/mol. The van der Waals surface area contributed by atoms with Crippen LogP contribution in [0.3, 0.4) is 0 Å². The van der Waals surface area contributed by atoms with E-state index in [1.165, 1.54) is 17.0 Å². The molecular formula is C15H19FN2OS. The molecular weight excluding hydrogens is 275 g/mol. The molecule has 0 saturated heterocycles. The lowest BCUT2D eigenvalue weighted by Gasteiger charge is -2.04. The van der Waals surface area contributed by atoms with Gasteiger partial charge in [0.2, 0.25) is 0 Å². The average molecular weight is 294 g/mol. The number of thiazole rings is 1. The van der Waals surface area contributed by atoms with E-state index in [-0.39, 0.29) is 5.82 Å². The molecule has 1 heterocycles. The first-order chi connectivity index (χ1) is 9.69. The molecule has 108 valence electrons. The molecule has 0 amide bonds. The van der Waals surface area contributed by atoms with Crippen LogP contribution in [0.5, 0.6) is 5.75 Å². The van der Waals surface area contributed by atoms with Crippen LogP contribution >= 0.6 is 11.3 Å². The lowest BCUT2D eigenvalue weighted by atomic mass is 10.3. The summed E-state index contributed by atoms with van der Waals surface area (Å²) in [4.78, 5) is 5.83. The number of rotatable bonds is 7. The lowest BCUT2D eigenvalue weighted by molar-refractivity contribution is 0.321. The van der Waals surface area contributed by atoms with Crippen LogP contribution in [0.1, 0.15) is 22.5 Å². The molecule has 0 spiro atoms. The number of hydrogen-bond acceptors (Lipinski definition) is 4. The Hall–Kier alpha value is -1.46. The third kappa shape index (κ3) is 4.28. The van der Waals surface area contributed by atoms with Crippen LogP contribution < -0.4 is 10.1 Å². The van der Waals surface area contributed by atoms with Gasteiger partial charge in [0, 0.05) is 17.8 Å². The van der Waals surface area contributed by atoms with Gasteiger partial charge in [-0.3, -0.25) is 0 Å². The maximum atomic E-state index is 12.8. The molecule has 0 atom stereocenters. The predicted octanol–water partition coefficient (Wildman–Crippen LogP) is 3.32. The van der Waals surface area contributed by atoms with Gasteiger partial charge in [-0.2, -0.15) is 0 Å². The summed E-state index contributed by atoms with van der Waals surface area (Å²) in [7, 11) is 0. The number of halogens is 1. The van der Waals surface area contributed by atoms with Crippen LogP contribution in [0.2, 0.25) is 0 Å². The number of aromatic nitrogens is 1. The fourth-order valence-electron chi connectivity index (χ4n) is 1.78. The summed E-state index contributed by atoms with van der Waals surface area (Å²) in [6.45, 7) is 6.51. The SMILES string of the molecule is CCNCc1sc(CCOc2ccc(F)cc2)nc1C. The van der Waals surface area contributed by atoms with Gasteiger partial charge >= 0.3 is 0 Å². The van der Waals surface area contributed by atoms with Crippen molar-refractivity contribution in [3.8, 4) is 5.75 Å². The van der Waals surface area contributed by atoms with Crippen LogP contribution in [-0.4, -0.2) is 18.1 Å². The minimum atomic E-state index is -0.249. The van der Waals surface area contributed by atoms with Gasteiger partial charge in [0.25, 0.3) is 0 Å². The molecule has 0 aliphatic heterocycles. The highest BCUT2D eigenvalue weighted by Gasteiger charge is 2.07. The second-order valence-electron chi connectivity index (χ2n) is 4.45. The third-order valence-electron chi connectivity index (χ3n) is 2.87. The summed E-state index contributed by atoms with van der Waals surface area (Å²) in [5.74, 6) is 0.438. The number of nitrogens with one attached hydrogen (secondary N) is 1. The highest BCUT2D eigenvalue weighted by Crippen LogP contribution is 2.19. The van der Waals surface area contributed by atoms with Crippen molar-refractivity contribution in [1.82, 2.24) is 10.3 Å². The van der Waals surface area contributed by atoms with Crippen LogP contribution in [0.15, 0.2) is 24.3 Å². The Bertz CT molecular complexity index is 539. The fraction of sp³-hybridized carbons (Fsp3) is 0.400. The molecule has 0 aliphatic rings. The summed E-state index contributed by atoms with van der Waals surface area (Å²) in [5.41, 5.74) is 1.09. The van der Waals surface area contributed by atoms with Gasteiger partial charge in [0.05, 0.1) is 17.3 Å². The average Bonchev–Trinajstić information content (AvgIpc) is 2.79. The smallest absolute Gasteiger partial charge is 0.123 e. The molecule has 1 aromatic carbocycles. The summed E-state index contributed by atoms with van der Waals surface area (Å²) in [6.07, 6.45) is 0.773. The molecule has 0 bridgehead atoms. The lowest BCUT2D eigenvalue weighted by Crippen LogP contribution is -2.11. The number of ether oxygens (including phenoxy) is 1. The van der Waals surface area contributed by atoms with Crippen LogP contribution in [0.4, 0.5) is 4.39 Å². The maximum Gasteiger partial charge on any atom is 0.123 e. The Morgan fingerprint density at radius 3 is 2.75 bits per heavy atom. The molecule has 0 aliphatic carbocycles. The second kappa shape index (κ2) is 7.36. The van der Waals surface area contributed by atoms with Crippen LogP contribution in [0, 0.1) is 12.7 Å². The quantitative estimate of drug-likeness (QED) is 0.850. The van der Waals surface area contributed by atoms with Crippen molar-refractivity contribution in [3.05, 3.63) is 45.7 Å². The van der Waals surface area contributed by atoms with Gasteiger partial charge in [-0.25, -0.2) is 9.37 Å². The van der Waals surface area contributed by atoms with Crippen molar-refractivity contribution >= 4 is 11.3 Å². The molecule has 0 unspecified atom stereocenters. The molecule has 20 heavy (non-hydrogen) atoms. The minimum Gasteiger partial charge on any atom is -0.493 e. The molecule has 3 nitrogen and oxygen atoms in total. The van der Waals surface area contributed by atoms with Gasteiger partial charge in [-0.15, -0.1) is 11.3 Å². The van der Waals surface area contributed by atoms with Crippen molar-refractivity contribution in [1.29, 1.82) is 0 Å². The van der Waals surface area contributed by atoms with Gasteiger partial charge in [0.15, 0.2) is 0 Å². The maximum absolute atomic E-state index is 12.8. The number of benzene rings is 1. The molecule has 2 rings (SSSR count). The van der Waals surface area contributed by atoms with Gasteiger partial charge in [-0.05, 0) is 37.7 Å². The van der Waals surface area contributed by atoms with Crippen LogP contribution in [0.25, 0.3) is 0 Å². The molecule has 0 radical (unpaired) electrons.